The Morgan fingerprint density at radius 1 is 1.14 bits per heavy atom. The molecule has 3 N–H and O–H groups in total. The van der Waals surface area contributed by atoms with Crippen molar-refractivity contribution in [2.75, 3.05) is 12.3 Å². The first-order chi connectivity index (χ1) is 17.0. The number of carbonyl (C=O) groups is 2. The van der Waals surface area contributed by atoms with E-state index >= 15 is 0 Å². The van der Waals surface area contributed by atoms with Crippen LogP contribution in [0.3, 0.4) is 0 Å². The first-order valence-corrected chi connectivity index (χ1v) is 13.1. The van der Waals surface area contributed by atoms with Crippen LogP contribution in [0.15, 0.2) is 57.7 Å². The third-order valence-corrected chi connectivity index (χ3v) is 7.76. The van der Waals surface area contributed by atoms with E-state index in [0.717, 1.165) is 42.6 Å². The molecule has 2 heterocycles. The van der Waals surface area contributed by atoms with E-state index in [2.05, 4.69) is 25.9 Å². The number of Topliss-reactive ketones (excluding diaryl/α,β-unsaturated/α-hetero) is 1. The van der Waals surface area contributed by atoms with Crippen molar-refractivity contribution < 1.29 is 14.7 Å². The van der Waals surface area contributed by atoms with Gasteiger partial charge in [-0.3, -0.25) is 9.79 Å². The van der Waals surface area contributed by atoms with Crippen molar-refractivity contribution in [1.82, 2.24) is 10.6 Å². The van der Waals surface area contributed by atoms with Crippen LogP contribution in [0.1, 0.15) is 43.7 Å². The third kappa shape index (κ3) is 6.91. The maximum absolute atomic E-state index is 12.2. The van der Waals surface area contributed by atoms with Gasteiger partial charge in [0.15, 0.2) is 5.78 Å². The van der Waals surface area contributed by atoms with Gasteiger partial charge in [0, 0.05) is 23.6 Å². The van der Waals surface area contributed by atoms with Crippen LogP contribution < -0.4 is 10.6 Å². The maximum atomic E-state index is 12.2. The van der Waals surface area contributed by atoms with Gasteiger partial charge in [0.05, 0.1) is 24.3 Å². The second kappa shape index (κ2) is 12.0. The van der Waals surface area contributed by atoms with Crippen molar-refractivity contribution in [3.05, 3.63) is 53.6 Å². The Bertz CT molecular complexity index is 1100. The van der Waals surface area contributed by atoms with E-state index < -0.39 is 0 Å². The summed E-state index contributed by atoms with van der Waals surface area (Å²) >= 11 is 1.90. The Morgan fingerprint density at radius 3 is 2.77 bits per heavy atom. The predicted molar refractivity (Wildman–Crippen MR) is 140 cm³/mol. The van der Waals surface area contributed by atoms with Gasteiger partial charge in [-0.15, -0.1) is 5.11 Å². The van der Waals surface area contributed by atoms with Gasteiger partial charge < -0.3 is 15.7 Å². The monoisotopic (exact) mass is 493 g/mol. The van der Waals surface area contributed by atoms with Crippen LogP contribution in [0.4, 0.5) is 16.2 Å². The smallest absolute Gasteiger partial charge is 0.315 e. The number of ketones is 1. The summed E-state index contributed by atoms with van der Waals surface area (Å²) in [7, 11) is 0. The molecule has 2 fully saturated rings. The number of nitrogens with zero attached hydrogens (tertiary/aromatic N) is 3. The normalized spacial score (nSPS) is 21.4. The minimum Gasteiger partial charge on any atom is -0.506 e. The Balaban J connectivity index is 1.16. The SMILES string of the molecule is CCc1ccc(O)c(N=Nc2ccc(C=NCC(=O)CCCC[C@@H]3SC[C@@H]4NC(=O)N[C@@H]43)cc2)c1. The highest BCUT2D eigenvalue weighted by atomic mass is 32.2. The van der Waals surface area contributed by atoms with Crippen LogP contribution >= 0.6 is 11.8 Å². The van der Waals surface area contributed by atoms with Crippen molar-refractivity contribution in [3.63, 3.8) is 0 Å². The zero-order chi connectivity index (χ0) is 24.6. The molecule has 2 aliphatic rings. The first-order valence-electron chi connectivity index (χ1n) is 12.1. The summed E-state index contributed by atoms with van der Waals surface area (Å²) in [6.07, 6.45) is 5.92. The lowest BCUT2D eigenvalue weighted by atomic mass is 10.0. The lowest BCUT2D eigenvalue weighted by Crippen LogP contribution is -2.36. The fourth-order valence-electron chi connectivity index (χ4n) is 4.25. The average Bonchev–Trinajstić information content (AvgIpc) is 3.41. The number of hydrogen-bond acceptors (Lipinski definition) is 7. The number of fused-ring (bicyclic) bond motifs is 1. The van der Waals surface area contributed by atoms with Gasteiger partial charge >= 0.3 is 6.03 Å². The molecule has 2 aromatic rings. The van der Waals surface area contributed by atoms with Gasteiger partial charge in [0.2, 0.25) is 0 Å². The highest BCUT2D eigenvalue weighted by Gasteiger charge is 2.42. The van der Waals surface area contributed by atoms with Crippen molar-refractivity contribution in [3.8, 4) is 5.75 Å². The number of amides is 2. The molecule has 0 bridgehead atoms. The fraction of sp³-hybridized carbons (Fsp3) is 0.423. The minimum atomic E-state index is -0.0599. The van der Waals surface area contributed by atoms with Gasteiger partial charge in [-0.25, -0.2) is 4.79 Å². The second-order valence-corrected chi connectivity index (χ2v) is 10.1. The molecule has 2 aromatic carbocycles. The molecule has 3 atom stereocenters. The van der Waals surface area contributed by atoms with E-state index in [1.165, 1.54) is 0 Å². The number of carbonyl (C=O) groups excluding carboxylic acids is 2. The predicted octanol–water partition coefficient (Wildman–Crippen LogP) is 5.08. The standard InChI is InChI=1S/C26H31N5O3S/c1-2-17-9-12-23(33)21(13-17)31-30-19-10-7-18(8-11-19)14-27-15-20(32)5-3-4-6-24-25-22(16-35-24)28-26(34)29-25/h7-14,22,24-25,33H,2-6,15-16H2,1H3,(H2,28,29,34)/t22-,24-,25-/m0/s1. The van der Waals surface area contributed by atoms with E-state index in [1.54, 1.807) is 12.3 Å². The van der Waals surface area contributed by atoms with Gasteiger partial charge in [-0.1, -0.05) is 31.5 Å². The van der Waals surface area contributed by atoms with E-state index in [1.807, 2.05) is 55.1 Å². The van der Waals surface area contributed by atoms with E-state index in [0.29, 0.717) is 23.0 Å². The Hall–Kier alpha value is -3.20. The number of unbranched alkanes of at least 4 members (excludes halogenated alkanes) is 1. The average molecular weight is 494 g/mol. The number of rotatable bonds is 11. The molecule has 9 heteroatoms. The zero-order valence-corrected chi connectivity index (χ0v) is 20.6. The molecule has 0 aliphatic carbocycles. The largest absolute Gasteiger partial charge is 0.506 e. The first kappa shape index (κ1) is 24.9. The van der Waals surface area contributed by atoms with Crippen LogP contribution in [0.2, 0.25) is 0 Å². The molecule has 184 valence electrons. The lowest BCUT2D eigenvalue weighted by Gasteiger charge is -2.16. The summed E-state index contributed by atoms with van der Waals surface area (Å²) in [5.41, 5.74) is 3.08. The second-order valence-electron chi connectivity index (χ2n) is 8.84. The molecule has 2 amide bonds. The fourth-order valence-corrected chi connectivity index (χ4v) is 5.79. The van der Waals surface area contributed by atoms with Crippen molar-refractivity contribution in [2.45, 2.75) is 56.4 Å². The zero-order valence-electron chi connectivity index (χ0n) is 19.8. The Labute approximate surface area is 209 Å². The number of nitrogens with one attached hydrogen (secondary N) is 2. The van der Waals surface area contributed by atoms with Crippen molar-refractivity contribution >= 4 is 41.2 Å². The molecule has 8 nitrogen and oxygen atoms in total. The summed E-state index contributed by atoms with van der Waals surface area (Å²) in [6.45, 7) is 2.22. The molecule has 0 radical (unpaired) electrons. The molecule has 0 unspecified atom stereocenters. The van der Waals surface area contributed by atoms with Crippen molar-refractivity contribution in [2.24, 2.45) is 15.2 Å². The third-order valence-electron chi connectivity index (χ3n) is 6.25. The van der Waals surface area contributed by atoms with Crippen LogP contribution in [-0.4, -0.2) is 52.8 Å². The number of aliphatic imine (C=N–C) groups is 1. The number of hydrogen-bond donors (Lipinski definition) is 3. The minimum absolute atomic E-state index is 0.0599. The summed E-state index contributed by atoms with van der Waals surface area (Å²) in [5.74, 6) is 1.20. The van der Waals surface area contributed by atoms with Gasteiger partial charge in [-0.05, 0) is 54.7 Å². The molecular formula is C26H31N5O3S. The molecule has 4 rings (SSSR count). The lowest BCUT2D eigenvalue weighted by molar-refractivity contribution is -0.117. The van der Waals surface area contributed by atoms with E-state index in [4.69, 9.17) is 0 Å². The van der Waals surface area contributed by atoms with Gasteiger partial charge in [0.25, 0.3) is 0 Å². The Morgan fingerprint density at radius 2 is 1.97 bits per heavy atom. The quantitative estimate of drug-likeness (QED) is 0.175. The highest BCUT2D eigenvalue weighted by molar-refractivity contribution is 8.00. The van der Waals surface area contributed by atoms with Crippen molar-refractivity contribution in [1.29, 1.82) is 0 Å². The van der Waals surface area contributed by atoms with Gasteiger partial charge in [0.1, 0.15) is 11.4 Å². The number of benzene rings is 2. The number of thioether (sulfide) groups is 1. The molecule has 2 aliphatic heterocycles. The molecular weight excluding hydrogens is 462 g/mol. The summed E-state index contributed by atoms with van der Waals surface area (Å²) < 4.78 is 0. The summed E-state index contributed by atoms with van der Waals surface area (Å²) in [6, 6.07) is 13.1. The Kier molecular flexibility index (Phi) is 8.52. The highest BCUT2D eigenvalue weighted by Crippen LogP contribution is 2.33. The van der Waals surface area contributed by atoms with Crippen LogP contribution in [0.5, 0.6) is 5.75 Å². The van der Waals surface area contributed by atoms with E-state index in [-0.39, 0.29) is 36.2 Å². The topological polar surface area (TPSA) is 116 Å². The number of urea groups is 1. The molecule has 0 aromatic heterocycles. The van der Waals surface area contributed by atoms with Gasteiger partial charge in [-0.2, -0.15) is 16.9 Å². The molecule has 0 saturated carbocycles. The summed E-state index contributed by atoms with van der Waals surface area (Å²) in [4.78, 5) is 27.9. The van der Waals surface area contributed by atoms with Crippen LogP contribution in [0, 0.1) is 0 Å². The summed E-state index contributed by atoms with van der Waals surface area (Å²) in [5, 5.41) is 24.7. The number of phenolic OH excluding ortho intramolecular Hbond substituents is 1. The number of aryl methyl sites for hydroxylation is 1. The number of phenols is 1. The van der Waals surface area contributed by atoms with E-state index in [9.17, 15) is 14.7 Å². The number of azo groups is 1. The molecule has 35 heavy (non-hydrogen) atoms. The molecule has 0 spiro atoms. The molecule has 2 saturated heterocycles. The maximum Gasteiger partial charge on any atom is 0.315 e. The number of aromatic hydroxyl groups is 1. The van der Waals surface area contributed by atoms with Crippen LogP contribution in [-0.2, 0) is 11.2 Å². The van der Waals surface area contributed by atoms with Crippen LogP contribution in [0.25, 0.3) is 0 Å².